The second-order valence-corrected chi connectivity index (χ2v) is 7.15. The molecule has 3 aromatic carbocycles. The summed E-state index contributed by atoms with van der Waals surface area (Å²) < 4.78 is 81.0. The molecule has 1 N–H and O–H groups in total. The van der Waals surface area contributed by atoms with Gasteiger partial charge in [-0.2, -0.15) is 26.3 Å². The monoisotopic (exact) mass is 476 g/mol. The Labute approximate surface area is 188 Å². The minimum absolute atomic E-state index is 0.0195. The quantitative estimate of drug-likeness (QED) is 0.356. The maximum Gasteiger partial charge on any atom is 0.416 e. The number of benzene rings is 3. The molecule has 1 amide bonds. The van der Waals surface area contributed by atoms with Gasteiger partial charge < -0.3 is 5.32 Å². The molecule has 0 spiro atoms. The standard InChI is InChI=1S/C23H14F6N4O/c24-22(25,26)15-11-16(23(27,28)29)13-18(12-15)33-20(14-7-3-1-4-8-14)19(31-32-33)21(34)30-17-9-5-2-6-10-17/h1-13H,(H,30,34). The fourth-order valence-corrected chi connectivity index (χ4v) is 3.24. The van der Waals surface area contributed by atoms with Crippen molar-refractivity contribution in [2.75, 3.05) is 5.32 Å². The van der Waals surface area contributed by atoms with E-state index in [1.54, 1.807) is 48.5 Å². The van der Waals surface area contributed by atoms with Crippen LogP contribution in [0.3, 0.4) is 0 Å². The number of anilines is 1. The van der Waals surface area contributed by atoms with Gasteiger partial charge in [0.2, 0.25) is 0 Å². The zero-order valence-electron chi connectivity index (χ0n) is 17.0. The number of nitrogens with one attached hydrogen (secondary N) is 1. The normalized spacial score (nSPS) is 11.9. The maximum absolute atomic E-state index is 13.4. The Bertz CT molecular complexity index is 1280. The molecule has 1 heterocycles. The first-order valence-corrected chi connectivity index (χ1v) is 9.71. The van der Waals surface area contributed by atoms with Crippen LogP contribution >= 0.6 is 0 Å². The smallest absolute Gasteiger partial charge is 0.321 e. The van der Waals surface area contributed by atoms with Crippen LogP contribution in [-0.4, -0.2) is 20.9 Å². The lowest BCUT2D eigenvalue weighted by Gasteiger charge is -2.15. The lowest BCUT2D eigenvalue weighted by molar-refractivity contribution is -0.143. The molecule has 0 saturated carbocycles. The third-order valence-corrected chi connectivity index (χ3v) is 4.78. The summed E-state index contributed by atoms with van der Waals surface area (Å²) in [7, 11) is 0. The molecule has 4 aromatic rings. The molecule has 0 aliphatic carbocycles. The van der Waals surface area contributed by atoms with Crippen molar-refractivity contribution >= 4 is 11.6 Å². The molecule has 34 heavy (non-hydrogen) atoms. The maximum atomic E-state index is 13.4. The van der Waals surface area contributed by atoms with Gasteiger partial charge in [0.1, 0.15) is 5.69 Å². The molecule has 5 nitrogen and oxygen atoms in total. The second-order valence-electron chi connectivity index (χ2n) is 7.15. The SMILES string of the molecule is O=C(Nc1ccccc1)c1nnn(-c2cc(C(F)(F)F)cc(C(F)(F)F)c2)c1-c1ccccc1. The Hall–Kier alpha value is -4.15. The Kier molecular flexibility index (Phi) is 5.86. The molecule has 4 rings (SSSR count). The summed E-state index contributed by atoms with van der Waals surface area (Å²) in [5.41, 5.74) is -3.19. The number of nitrogens with zero attached hydrogens (tertiary/aromatic N) is 3. The highest BCUT2D eigenvalue weighted by Crippen LogP contribution is 2.38. The predicted octanol–water partition coefficient (Wildman–Crippen LogP) is 6.22. The Morgan fingerprint density at radius 1 is 0.765 bits per heavy atom. The van der Waals surface area contributed by atoms with Crippen molar-refractivity contribution in [3.8, 4) is 16.9 Å². The van der Waals surface area contributed by atoms with Gasteiger partial charge in [-0.25, -0.2) is 4.68 Å². The van der Waals surface area contributed by atoms with E-state index in [4.69, 9.17) is 0 Å². The molecule has 0 bridgehead atoms. The molecule has 0 aliphatic heterocycles. The van der Waals surface area contributed by atoms with Crippen molar-refractivity contribution in [3.63, 3.8) is 0 Å². The van der Waals surface area contributed by atoms with Crippen LogP contribution in [0.4, 0.5) is 32.0 Å². The van der Waals surface area contributed by atoms with Gasteiger partial charge in [-0.1, -0.05) is 53.7 Å². The first-order chi connectivity index (χ1) is 16.0. The van der Waals surface area contributed by atoms with Gasteiger partial charge in [0.05, 0.1) is 16.8 Å². The van der Waals surface area contributed by atoms with Crippen molar-refractivity contribution < 1.29 is 31.1 Å². The van der Waals surface area contributed by atoms with E-state index in [0.717, 1.165) is 4.68 Å². The summed E-state index contributed by atoms with van der Waals surface area (Å²) in [5, 5.41) is 10.1. The number of rotatable bonds is 4. The van der Waals surface area contributed by atoms with Crippen LogP contribution in [0.15, 0.2) is 78.9 Å². The third kappa shape index (κ3) is 4.77. The van der Waals surface area contributed by atoms with Crippen molar-refractivity contribution in [2.24, 2.45) is 0 Å². The molecular weight excluding hydrogens is 462 g/mol. The van der Waals surface area contributed by atoms with Gasteiger partial charge in [-0.05, 0) is 30.3 Å². The average Bonchev–Trinajstić information content (AvgIpc) is 3.24. The molecule has 11 heteroatoms. The van der Waals surface area contributed by atoms with Crippen LogP contribution < -0.4 is 5.32 Å². The Morgan fingerprint density at radius 3 is 1.82 bits per heavy atom. The molecule has 0 atom stereocenters. The topological polar surface area (TPSA) is 59.8 Å². The molecule has 174 valence electrons. The summed E-state index contributed by atoms with van der Waals surface area (Å²) in [6, 6.07) is 17.3. The number of amides is 1. The van der Waals surface area contributed by atoms with Gasteiger partial charge in [0, 0.05) is 11.3 Å². The summed E-state index contributed by atoms with van der Waals surface area (Å²) in [4.78, 5) is 12.9. The zero-order chi connectivity index (χ0) is 24.5. The van der Waals surface area contributed by atoms with Crippen LogP contribution in [0.5, 0.6) is 0 Å². The highest BCUT2D eigenvalue weighted by molar-refractivity contribution is 6.06. The number of hydrogen-bond acceptors (Lipinski definition) is 3. The van der Waals surface area contributed by atoms with Crippen LogP contribution in [0, 0.1) is 0 Å². The largest absolute Gasteiger partial charge is 0.416 e. The van der Waals surface area contributed by atoms with Crippen LogP contribution in [0.1, 0.15) is 21.6 Å². The number of carbonyl (C=O) groups is 1. The van der Waals surface area contributed by atoms with E-state index in [2.05, 4.69) is 15.6 Å². The zero-order valence-corrected chi connectivity index (χ0v) is 17.0. The van der Waals surface area contributed by atoms with Gasteiger partial charge >= 0.3 is 12.4 Å². The average molecular weight is 476 g/mol. The Morgan fingerprint density at radius 2 is 1.29 bits per heavy atom. The first-order valence-electron chi connectivity index (χ1n) is 9.71. The highest BCUT2D eigenvalue weighted by atomic mass is 19.4. The minimum Gasteiger partial charge on any atom is -0.321 e. The summed E-state index contributed by atoms with van der Waals surface area (Å²) in [6.45, 7) is 0. The van der Waals surface area contributed by atoms with Crippen LogP contribution in [-0.2, 0) is 12.4 Å². The molecular formula is C23H14F6N4O. The van der Waals surface area contributed by atoms with Gasteiger partial charge in [-0.15, -0.1) is 5.10 Å². The van der Waals surface area contributed by atoms with E-state index in [-0.39, 0.29) is 17.5 Å². The number of alkyl halides is 6. The number of para-hydroxylation sites is 1. The van der Waals surface area contributed by atoms with E-state index in [9.17, 15) is 31.1 Å². The highest BCUT2D eigenvalue weighted by Gasteiger charge is 2.37. The van der Waals surface area contributed by atoms with Crippen molar-refractivity contribution in [1.82, 2.24) is 15.0 Å². The lowest BCUT2D eigenvalue weighted by atomic mass is 10.1. The van der Waals surface area contributed by atoms with Gasteiger partial charge in [0.15, 0.2) is 5.69 Å². The van der Waals surface area contributed by atoms with Gasteiger partial charge in [-0.3, -0.25) is 4.79 Å². The first kappa shape index (κ1) is 23.0. The number of hydrogen-bond donors (Lipinski definition) is 1. The van der Waals surface area contributed by atoms with E-state index < -0.39 is 35.1 Å². The number of aromatic nitrogens is 3. The summed E-state index contributed by atoms with van der Waals surface area (Å²) in [6.07, 6.45) is -10.1. The summed E-state index contributed by atoms with van der Waals surface area (Å²) in [5.74, 6) is -0.737. The molecule has 0 saturated heterocycles. The molecule has 0 aliphatic rings. The Balaban J connectivity index is 1.90. The predicted molar refractivity (Wildman–Crippen MR) is 111 cm³/mol. The fourth-order valence-electron chi connectivity index (χ4n) is 3.24. The van der Waals surface area contributed by atoms with Crippen LogP contribution in [0.2, 0.25) is 0 Å². The van der Waals surface area contributed by atoms with Gasteiger partial charge in [0.25, 0.3) is 5.91 Å². The second kappa shape index (κ2) is 8.65. The van der Waals surface area contributed by atoms with Crippen molar-refractivity contribution in [3.05, 3.63) is 95.7 Å². The number of halogens is 6. The van der Waals surface area contributed by atoms with E-state index in [1.807, 2.05) is 0 Å². The van der Waals surface area contributed by atoms with E-state index in [1.165, 1.54) is 12.1 Å². The van der Waals surface area contributed by atoms with Crippen molar-refractivity contribution in [2.45, 2.75) is 12.4 Å². The van der Waals surface area contributed by atoms with E-state index >= 15 is 0 Å². The minimum atomic E-state index is -5.04. The third-order valence-electron chi connectivity index (χ3n) is 4.78. The van der Waals surface area contributed by atoms with E-state index in [0.29, 0.717) is 23.4 Å². The molecule has 0 radical (unpaired) electrons. The molecule has 0 unspecified atom stereocenters. The molecule has 1 aromatic heterocycles. The summed E-state index contributed by atoms with van der Waals surface area (Å²) >= 11 is 0. The van der Waals surface area contributed by atoms with Crippen molar-refractivity contribution in [1.29, 1.82) is 0 Å². The lowest BCUT2D eigenvalue weighted by Crippen LogP contribution is -2.15. The molecule has 0 fully saturated rings. The number of carbonyl (C=O) groups excluding carboxylic acids is 1. The van der Waals surface area contributed by atoms with Crippen LogP contribution in [0.25, 0.3) is 16.9 Å². The fraction of sp³-hybridized carbons (Fsp3) is 0.0870.